The molecule has 0 aliphatic carbocycles. The lowest BCUT2D eigenvalue weighted by molar-refractivity contribution is -0.139. The molecule has 1 aromatic carbocycles. The highest BCUT2D eigenvalue weighted by molar-refractivity contribution is 5.76. The number of nitrogens with zero attached hydrogens (tertiary/aromatic N) is 1. The molecule has 3 rings (SSSR count). The number of fused-ring (bicyclic) bond motifs is 1. The summed E-state index contributed by atoms with van der Waals surface area (Å²) < 4.78 is 16.5. The average Bonchev–Trinajstić information content (AvgIpc) is 2.90. The second kappa shape index (κ2) is 3.96. The molecule has 0 spiro atoms. The van der Waals surface area contributed by atoms with Gasteiger partial charge in [-0.2, -0.15) is 0 Å². The molecule has 0 bridgehead atoms. The van der Waals surface area contributed by atoms with Gasteiger partial charge < -0.3 is 19.2 Å². The Hall–Kier alpha value is -1.59. The van der Waals surface area contributed by atoms with Crippen LogP contribution in [0, 0.1) is 0 Å². The quantitative estimate of drug-likeness (QED) is 0.886. The van der Waals surface area contributed by atoms with Crippen LogP contribution in [0.5, 0.6) is 5.75 Å². The minimum atomic E-state index is -0.540. The molecule has 1 fully saturated rings. The third-order valence-electron chi connectivity index (χ3n) is 3.02. The van der Waals surface area contributed by atoms with Gasteiger partial charge >= 0.3 is 0 Å². The number of hydrogen-bond donors (Lipinski definition) is 1. The van der Waals surface area contributed by atoms with Crippen molar-refractivity contribution in [3.05, 3.63) is 24.0 Å². The van der Waals surface area contributed by atoms with Crippen molar-refractivity contribution in [2.75, 3.05) is 13.7 Å². The lowest BCUT2D eigenvalue weighted by Gasteiger charge is -2.15. The van der Waals surface area contributed by atoms with Crippen molar-refractivity contribution in [3.63, 3.8) is 0 Å². The van der Waals surface area contributed by atoms with Gasteiger partial charge in [-0.15, -0.1) is 0 Å². The van der Waals surface area contributed by atoms with E-state index in [0.717, 1.165) is 22.6 Å². The van der Waals surface area contributed by atoms with Crippen molar-refractivity contribution >= 4 is 11.0 Å². The molecule has 2 heterocycles. The Balaban J connectivity index is 1.94. The van der Waals surface area contributed by atoms with E-state index in [4.69, 9.17) is 14.2 Å². The Labute approximate surface area is 105 Å². The summed E-state index contributed by atoms with van der Waals surface area (Å²) in [5, 5.41) is 0. The second-order valence-electron chi connectivity index (χ2n) is 4.82. The fourth-order valence-corrected chi connectivity index (χ4v) is 2.11. The summed E-state index contributed by atoms with van der Waals surface area (Å²) in [7, 11) is 1.65. The van der Waals surface area contributed by atoms with Gasteiger partial charge in [0.1, 0.15) is 17.7 Å². The molecule has 0 radical (unpaired) electrons. The Morgan fingerprint density at radius 3 is 2.94 bits per heavy atom. The summed E-state index contributed by atoms with van der Waals surface area (Å²) in [5.41, 5.74) is 1.84. The molecule has 0 saturated carbocycles. The predicted molar refractivity (Wildman–Crippen MR) is 66.5 cm³/mol. The van der Waals surface area contributed by atoms with Gasteiger partial charge in [0.05, 0.1) is 24.8 Å². The first-order valence-corrected chi connectivity index (χ1v) is 5.93. The number of nitrogens with one attached hydrogen (secondary N) is 1. The van der Waals surface area contributed by atoms with E-state index >= 15 is 0 Å². The van der Waals surface area contributed by atoms with Gasteiger partial charge in [0.25, 0.3) is 0 Å². The molecule has 5 nitrogen and oxygen atoms in total. The smallest absolute Gasteiger partial charge is 0.164 e. The number of H-pyrrole nitrogens is 1. The van der Waals surface area contributed by atoms with Crippen molar-refractivity contribution in [1.29, 1.82) is 0 Å². The van der Waals surface area contributed by atoms with E-state index < -0.39 is 5.79 Å². The van der Waals surface area contributed by atoms with Crippen LogP contribution in [0.2, 0.25) is 0 Å². The molecular formula is C13H16N2O3. The third kappa shape index (κ3) is 1.95. The Morgan fingerprint density at radius 1 is 1.44 bits per heavy atom. The molecule has 1 atom stereocenters. The van der Waals surface area contributed by atoms with Gasteiger partial charge in [-0.3, -0.25) is 0 Å². The monoisotopic (exact) mass is 248 g/mol. The fraction of sp³-hybridized carbons (Fsp3) is 0.462. The van der Waals surface area contributed by atoms with Crippen molar-refractivity contribution in [3.8, 4) is 5.75 Å². The molecule has 1 unspecified atom stereocenters. The Bertz CT molecular complexity index is 577. The molecular weight excluding hydrogens is 232 g/mol. The van der Waals surface area contributed by atoms with E-state index in [9.17, 15) is 0 Å². The number of hydrogen-bond acceptors (Lipinski definition) is 4. The van der Waals surface area contributed by atoms with Crippen LogP contribution < -0.4 is 4.74 Å². The van der Waals surface area contributed by atoms with Crippen molar-refractivity contribution in [1.82, 2.24) is 9.97 Å². The zero-order valence-corrected chi connectivity index (χ0v) is 10.7. The number of ether oxygens (including phenoxy) is 3. The molecule has 96 valence electrons. The third-order valence-corrected chi connectivity index (χ3v) is 3.02. The zero-order chi connectivity index (χ0) is 12.8. The number of benzene rings is 1. The van der Waals surface area contributed by atoms with Crippen molar-refractivity contribution in [2.45, 2.75) is 25.7 Å². The van der Waals surface area contributed by atoms with Crippen LogP contribution in [-0.4, -0.2) is 29.5 Å². The summed E-state index contributed by atoms with van der Waals surface area (Å²) >= 11 is 0. The number of aromatic amines is 1. The van der Waals surface area contributed by atoms with Crippen molar-refractivity contribution < 1.29 is 14.2 Å². The van der Waals surface area contributed by atoms with E-state index in [2.05, 4.69) is 9.97 Å². The highest BCUT2D eigenvalue weighted by Gasteiger charge is 2.35. The first kappa shape index (κ1) is 11.5. The number of rotatable bonds is 2. The summed E-state index contributed by atoms with van der Waals surface area (Å²) in [4.78, 5) is 7.77. The number of aromatic nitrogens is 2. The molecule has 18 heavy (non-hydrogen) atoms. The molecule has 2 aromatic rings. The van der Waals surface area contributed by atoms with E-state index in [0.29, 0.717) is 6.61 Å². The highest BCUT2D eigenvalue weighted by Crippen LogP contribution is 2.32. The first-order chi connectivity index (χ1) is 8.57. The maximum Gasteiger partial charge on any atom is 0.164 e. The molecule has 1 N–H and O–H groups in total. The van der Waals surface area contributed by atoms with Crippen LogP contribution in [-0.2, 0) is 9.47 Å². The van der Waals surface area contributed by atoms with Crippen LogP contribution in [0.3, 0.4) is 0 Å². The minimum Gasteiger partial charge on any atom is -0.497 e. The maximum absolute atomic E-state index is 5.77. The molecule has 1 aliphatic heterocycles. The molecule has 0 amide bonds. The summed E-state index contributed by atoms with van der Waals surface area (Å²) in [6.45, 7) is 4.32. The SMILES string of the molecule is COc1ccc2nc(C3COC(C)(C)O3)[nH]c2c1. The van der Waals surface area contributed by atoms with E-state index in [1.807, 2.05) is 32.0 Å². The summed E-state index contributed by atoms with van der Waals surface area (Å²) in [5.74, 6) is 1.06. The van der Waals surface area contributed by atoms with Crippen LogP contribution in [0.25, 0.3) is 11.0 Å². The Kier molecular flexibility index (Phi) is 2.53. The zero-order valence-electron chi connectivity index (χ0n) is 10.7. The van der Waals surface area contributed by atoms with Gasteiger partial charge in [0, 0.05) is 6.07 Å². The van der Waals surface area contributed by atoms with E-state index in [-0.39, 0.29) is 6.10 Å². The van der Waals surface area contributed by atoms with Crippen LogP contribution >= 0.6 is 0 Å². The number of methoxy groups -OCH3 is 1. The summed E-state index contributed by atoms with van der Waals surface area (Å²) in [6.07, 6.45) is -0.140. The highest BCUT2D eigenvalue weighted by atomic mass is 16.7. The maximum atomic E-state index is 5.77. The lowest BCUT2D eigenvalue weighted by Crippen LogP contribution is -2.19. The predicted octanol–water partition coefficient (Wildman–Crippen LogP) is 2.40. The average molecular weight is 248 g/mol. The van der Waals surface area contributed by atoms with Gasteiger partial charge in [-0.1, -0.05) is 0 Å². The van der Waals surface area contributed by atoms with Crippen LogP contribution in [0.1, 0.15) is 25.8 Å². The topological polar surface area (TPSA) is 56.4 Å². The van der Waals surface area contributed by atoms with Gasteiger partial charge in [0.15, 0.2) is 5.79 Å². The van der Waals surface area contributed by atoms with E-state index in [1.165, 1.54) is 0 Å². The second-order valence-corrected chi connectivity index (χ2v) is 4.82. The van der Waals surface area contributed by atoms with Crippen LogP contribution in [0.4, 0.5) is 0 Å². The molecule has 1 aliphatic rings. The van der Waals surface area contributed by atoms with Gasteiger partial charge in [0.2, 0.25) is 0 Å². The molecule has 5 heteroatoms. The number of imidazole rings is 1. The standard InChI is InChI=1S/C13H16N2O3/c1-13(2)17-7-11(18-13)12-14-9-5-4-8(16-3)6-10(9)15-12/h4-6,11H,7H2,1-3H3,(H,14,15). The normalized spacial score (nSPS) is 22.5. The van der Waals surface area contributed by atoms with Crippen LogP contribution in [0.15, 0.2) is 18.2 Å². The molecule has 1 aromatic heterocycles. The summed E-state index contributed by atoms with van der Waals surface area (Å²) in [6, 6.07) is 5.74. The first-order valence-electron chi connectivity index (χ1n) is 5.93. The fourth-order valence-electron chi connectivity index (χ4n) is 2.11. The Morgan fingerprint density at radius 2 is 2.28 bits per heavy atom. The van der Waals surface area contributed by atoms with Gasteiger partial charge in [-0.05, 0) is 26.0 Å². The molecule has 1 saturated heterocycles. The van der Waals surface area contributed by atoms with Crippen molar-refractivity contribution in [2.24, 2.45) is 0 Å². The van der Waals surface area contributed by atoms with Gasteiger partial charge in [-0.25, -0.2) is 4.98 Å². The minimum absolute atomic E-state index is 0.140. The largest absolute Gasteiger partial charge is 0.497 e. The lowest BCUT2D eigenvalue weighted by atomic mass is 10.3. The van der Waals surface area contributed by atoms with E-state index in [1.54, 1.807) is 7.11 Å².